The molecule has 1 fully saturated rings. The van der Waals surface area contributed by atoms with Crippen molar-refractivity contribution in [3.63, 3.8) is 0 Å². The van der Waals surface area contributed by atoms with E-state index in [4.69, 9.17) is 4.74 Å². The number of hydrogen-bond donors (Lipinski definition) is 1. The van der Waals surface area contributed by atoms with Gasteiger partial charge in [0.15, 0.2) is 0 Å². The lowest BCUT2D eigenvalue weighted by Gasteiger charge is -2.27. The summed E-state index contributed by atoms with van der Waals surface area (Å²) in [5, 5.41) is 20.3. The first-order chi connectivity index (χ1) is 13.2. The van der Waals surface area contributed by atoms with Crippen LogP contribution in [0.15, 0.2) is 18.2 Å². The van der Waals surface area contributed by atoms with Crippen LogP contribution in [0.5, 0.6) is 0 Å². The molecule has 0 atom stereocenters. The summed E-state index contributed by atoms with van der Waals surface area (Å²) < 4.78 is 5.39. The Morgan fingerprint density at radius 2 is 1.96 bits per heavy atom. The molecule has 0 bridgehead atoms. The molecule has 0 saturated carbocycles. The number of thiophene rings is 1. The molecule has 0 amide bonds. The first-order valence-electron chi connectivity index (χ1n) is 9.40. The minimum atomic E-state index is -0.955. The molecule has 6 heteroatoms. The molecule has 1 aliphatic carbocycles. The second kappa shape index (κ2) is 7.71. The van der Waals surface area contributed by atoms with E-state index in [1.165, 1.54) is 35.3 Å². The fourth-order valence-corrected chi connectivity index (χ4v) is 5.16. The van der Waals surface area contributed by atoms with Crippen molar-refractivity contribution in [2.75, 3.05) is 31.2 Å². The summed E-state index contributed by atoms with van der Waals surface area (Å²) in [4.78, 5) is 14.2. The Hall–Kier alpha value is -2.36. The maximum atomic E-state index is 11.9. The van der Waals surface area contributed by atoms with Gasteiger partial charge in [0.2, 0.25) is 0 Å². The molecule has 5 nitrogen and oxygen atoms in total. The largest absolute Gasteiger partial charge is 0.477 e. The highest BCUT2D eigenvalue weighted by atomic mass is 32.1. The van der Waals surface area contributed by atoms with Gasteiger partial charge in [-0.3, -0.25) is 0 Å². The standard InChI is InChI=1S/C21H22N2O3S/c22-13-18-17(12-14-5-6-15-3-1-2-4-16(15)11-14)19(21(24)25)27-20(18)23-7-9-26-10-8-23/h5-6,11H,1-4,7-10,12H2,(H,24,25). The number of nitrogens with zero attached hydrogens (tertiary/aromatic N) is 2. The Morgan fingerprint density at radius 3 is 2.67 bits per heavy atom. The highest BCUT2D eigenvalue weighted by Gasteiger charge is 2.27. The van der Waals surface area contributed by atoms with Crippen LogP contribution in [0.25, 0.3) is 0 Å². The minimum absolute atomic E-state index is 0.283. The number of ether oxygens (including phenoxy) is 1. The number of fused-ring (bicyclic) bond motifs is 1. The van der Waals surface area contributed by atoms with E-state index in [1.807, 2.05) is 0 Å². The SMILES string of the molecule is N#Cc1c(N2CCOCC2)sc(C(=O)O)c1Cc1ccc2c(c1)CCCC2. The van der Waals surface area contributed by atoms with E-state index in [2.05, 4.69) is 29.2 Å². The van der Waals surface area contributed by atoms with Crippen LogP contribution in [0.2, 0.25) is 0 Å². The van der Waals surface area contributed by atoms with Gasteiger partial charge in [0, 0.05) is 25.1 Å². The average Bonchev–Trinajstić information content (AvgIpc) is 3.07. The van der Waals surface area contributed by atoms with Gasteiger partial charge in [-0.15, -0.1) is 11.3 Å². The van der Waals surface area contributed by atoms with Gasteiger partial charge < -0.3 is 14.7 Å². The predicted octanol–water partition coefficient (Wildman–Crippen LogP) is 3.62. The van der Waals surface area contributed by atoms with Crippen molar-refractivity contribution in [3.05, 3.63) is 50.9 Å². The number of nitriles is 1. The van der Waals surface area contributed by atoms with Crippen LogP contribution in [-0.4, -0.2) is 37.4 Å². The van der Waals surface area contributed by atoms with Gasteiger partial charge in [0.1, 0.15) is 15.9 Å². The van der Waals surface area contributed by atoms with E-state index >= 15 is 0 Å². The van der Waals surface area contributed by atoms with Gasteiger partial charge in [-0.1, -0.05) is 18.2 Å². The molecule has 1 saturated heterocycles. The molecule has 1 aromatic carbocycles. The number of hydrogen-bond acceptors (Lipinski definition) is 5. The second-order valence-corrected chi connectivity index (χ2v) is 8.09. The molecule has 2 aliphatic rings. The number of carboxylic acid groups (broad SMARTS) is 1. The fourth-order valence-electron chi connectivity index (χ4n) is 4.00. The van der Waals surface area contributed by atoms with Crippen LogP contribution in [0, 0.1) is 11.3 Å². The van der Waals surface area contributed by atoms with Crippen LogP contribution < -0.4 is 4.90 Å². The Balaban J connectivity index is 1.71. The number of anilines is 1. The molecular formula is C21H22N2O3S. The zero-order chi connectivity index (χ0) is 18.8. The van der Waals surface area contributed by atoms with E-state index in [9.17, 15) is 15.2 Å². The van der Waals surface area contributed by atoms with Crippen LogP contribution in [0.3, 0.4) is 0 Å². The number of aryl methyl sites for hydroxylation is 2. The Bertz CT molecular complexity index is 907. The van der Waals surface area contributed by atoms with Gasteiger partial charge in [-0.05, 0) is 42.4 Å². The molecule has 1 aliphatic heterocycles. The summed E-state index contributed by atoms with van der Waals surface area (Å²) in [6.07, 6.45) is 5.14. The molecule has 0 unspecified atom stereocenters. The molecule has 2 aromatic rings. The Morgan fingerprint density at radius 1 is 1.22 bits per heavy atom. The minimum Gasteiger partial charge on any atom is -0.477 e. The second-order valence-electron chi connectivity index (χ2n) is 7.09. The molecule has 140 valence electrons. The summed E-state index contributed by atoms with van der Waals surface area (Å²) in [5.41, 5.74) is 5.02. The lowest BCUT2D eigenvalue weighted by Crippen LogP contribution is -2.36. The molecule has 1 aromatic heterocycles. The van der Waals surface area contributed by atoms with E-state index in [0.717, 1.165) is 23.4 Å². The highest BCUT2D eigenvalue weighted by Crippen LogP contribution is 2.38. The number of aromatic carboxylic acids is 1. The van der Waals surface area contributed by atoms with E-state index in [0.29, 0.717) is 43.9 Å². The van der Waals surface area contributed by atoms with Crippen molar-refractivity contribution in [1.29, 1.82) is 5.26 Å². The summed E-state index contributed by atoms with van der Waals surface area (Å²) >= 11 is 1.22. The topological polar surface area (TPSA) is 73.6 Å². The zero-order valence-electron chi connectivity index (χ0n) is 15.2. The molecular weight excluding hydrogens is 360 g/mol. The van der Waals surface area contributed by atoms with Gasteiger partial charge in [-0.2, -0.15) is 5.26 Å². The lowest BCUT2D eigenvalue weighted by molar-refractivity contribution is 0.0701. The van der Waals surface area contributed by atoms with E-state index < -0.39 is 5.97 Å². The van der Waals surface area contributed by atoms with Crippen molar-refractivity contribution >= 4 is 22.3 Å². The maximum Gasteiger partial charge on any atom is 0.346 e. The van der Waals surface area contributed by atoms with Gasteiger partial charge in [0.05, 0.1) is 18.8 Å². The summed E-state index contributed by atoms with van der Waals surface area (Å²) in [6.45, 7) is 2.58. The van der Waals surface area contributed by atoms with Gasteiger partial charge in [0.25, 0.3) is 0 Å². The first-order valence-corrected chi connectivity index (χ1v) is 10.2. The third-order valence-electron chi connectivity index (χ3n) is 5.39. The molecule has 2 heterocycles. The molecule has 4 rings (SSSR count). The van der Waals surface area contributed by atoms with Crippen LogP contribution in [0.1, 0.15) is 50.3 Å². The van der Waals surface area contributed by atoms with Crippen LogP contribution in [0.4, 0.5) is 5.00 Å². The Kier molecular flexibility index (Phi) is 5.15. The number of carbonyl (C=O) groups is 1. The van der Waals surface area contributed by atoms with E-state index in [-0.39, 0.29) is 4.88 Å². The predicted molar refractivity (Wildman–Crippen MR) is 105 cm³/mol. The third kappa shape index (κ3) is 3.58. The quantitative estimate of drug-likeness (QED) is 0.874. The number of morpholine rings is 1. The molecule has 1 N–H and O–H groups in total. The normalized spacial score (nSPS) is 16.6. The van der Waals surface area contributed by atoms with Gasteiger partial charge in [-0.25, -0.2) is 4.79 Å². The lowest BCUT2D eigenvalue weighted by atomic mass is 9.89. The molecule has 27 heavy (non-hydrogen) atoms. The van der Waals surface area contributed by atoms with Crippen molar-refractivity contribution in [1.82, 2.24) is 0 Å². The first kappa shape index (κ1) is 18.0. The maximum absolute atomic E-state index is 11.9. The van der Waals surface area contributed by atoms with E-state index in [1.54, 1.807) is 0 Å². The third-order valence-corrected chi connectivity index (χ3v) is 6.67. The fraction of sp³-hybridized carbons (Fsp3) is 0.429. The number of benzene rings is 1. The van der Waals surface area contributed by atoms with Crippen molar-refractivity contribution in [2.24, 2.45) is 0 Å². The van der Waals surface area contributed by atoms with Crippen molar-refractivity contribution in [3.8, 4) is 6.07 Å². The molecule has 0 spiro atoms. The average molecular weight is 382 g/mol. The monoisotopic (exact) mass is 382 g/mol. The van der Waals surface area contributed by atoms with Crippen LogP contribution >= 0.6 is 11.3 Å². The van der Waals surface area contributed by atoms with Crippen LogP contribution in [-0.2, 0) is 24.0 Å². The summed E-state index contributed by atoms with van der Waals surface area (Å²) in [6, 6.07) is 8.74. The van der Waals surface area contributed by atoms with Gasteiger partial charge >= 0.3 is 5.97 Å². The zero-order valence-corrected chi connectivity index (χ0v) is 16.0. The van der Waals surface area contributed by atoms with Crippen molar-refractivity contribution in [2.45, 2.75) is 32.1 Å². The number of carboxylic acids is 1. The molecule has 0 radical (unpaired) electrons. The highest BCUT2D eigenvalue weighted by molar-refractivity contribution is 7.18. The summed E-state index contributed by atoms with van der Waals surface area (Å²) in [5.74, 6) is -0.955. The smallest absolute Gasteiger partial charge is 0.346 e. The van der Waals surface area contributed by atoms with Crippen molar-refractivity contribution < 1.29 is 14.6 Å². The summed E-state index contributed by atoms with van der Waals surface area (Å²) in [7, 11) is 0. The Labute approximate surface area is 162 Å². The number of rotatable bonds is 4.